The van der Waals surface area contributed by atoms with E-state index in [9.17, 15) is 4.79 Å². The number of H-pyrrole nitrogens is 1. The zero-order valence-corrected chi connectivity index (χ0v) is 21.8. The molecule has 0 saturated carbocycles. The van der Waals surface area contributed by atoms with Crippen molar-refractivity contribution in [2.75, 3.05) is 58.1 Å². The zero-order chi connectivity index (χ0) is 25.6. The number of fused-ring (bicyclic) bond motifs is 2. The molecule has 0 atom stereocenters. The lowest BCUT2D eigenvalue weighted by Gasteiger charge is -2.29. The Balaban J connectivity index is 1.33. The molecule has 0 bridgehead atoms. The monoisotopic (exact) mass is 524 g/mol. The molecule has 1 fully saturated rings. The van der Waals surface area contributed by atoms with Gasteiger partial charge in [-0.2, -0.15) is 0 Å². The Morgan fingerprint density at radius 2 is 1.89 bits per heavy atom. The molecule has 0 aliphatic carbocycles. The molecule has 5 rings (SSSR count). The Bertz CT molecular complexity index is 1290. The minimum Gasteiger partial charge on any atom is -0.494 e. The summed E-state index contributed by atoms with van der Waals surface area (Å²) in [7, 11) is 0. The number of nitrogens with zero attached hydrogens (tertiary/aromatic N) is 2. The van der Waals surface area contributed by atoms with Crippen LogP contribution in [0.3, 0.4) is 0 Å². The van der Waals surface area contributed by atoms with Gasteiger partial charge in [0.2, 0.25) is 6.79 Å². The molecule has 0 radical (unpaired) electrons. The molecule has 3 aromatic rings. The van der Waals surface area contributed by atoms with Gasteiger partial charge in [0.15, 0.2) is 16.6 Å². The molecule has 0 unspecified atom stereocenters. The summed E-state index contributed by atoms with van der Waals surface area (Å²) < 4.78 is 22.0. The van der Waals surface area contributed by atoms with Crippen molar-refractivity contribution in [1.29, 1.82) is 0 Å². The number of morpholine rings is 1. The zero-order valence-electron chi connectivity index (χ0n) is 21.0. The van der Waals surface area contributed by atoms with Gasteiger partial charge in [-0.15, -0.1) is 0 Å². The summed E-state index contributed by atoms with van der Waals surface area (Å²) in [5, 5.41) is 4.78. The lowest BCUT2D eigenvalue weighted by Crippen LogP contribution is -2.40. The second-order valence-electron chi connectivity index (χ2n) is 9.03. The molecule has 9 nitrogen and oxygen atoms in total. The van der Waals surface area contributed by atoms with Crippen LogP contribution in [-0.4, -0.2) is 72.7 Å². The second kappa shape index (κ2) is 11.8. The first-order chi connectivity index (χ1) is 18.1. The number of benzene rings is 2. The summed E-state index contributed by atoms with van der Waals surface area (Å²) in [5.41, 5.74) is 2.07. The maximum atomic E-state index is 13.0. The van der Waals surface area contributed by atoms with Gasteiger partial charge in [-0.3, -0.25) is 9.69 Å². The van der Waals surface area contributed by atoms with Crippen LogP contribution >= 0.6 is 12.2 Å². The fraction of sp³-hybridized carbons (Fsp3) is 0.407. The minimum absolute atomic E-state index is 0.145. The maximum absolute atomic E-state index is 13.0. The number of ether oxygens (including phenoxy) is 4. The number of aromatic nitrogens is 1. The summed E-state index contributed by atoms with van der Waals surface area (Å²) in [6.07, 6.45) is 0.912. The van der Waals surface area contributed by atoms with E-state index in [1.807, 2.05) is 43.3 Å². The van der Waals surface area contributed by atoms with Crippen LogP contribution in [0.15, 0.2) is 47.3 Å². The van der Waals surface area contributed by atoms with Crippen molar-refractivity contribution in [2.45, 2.75) is 19.9 Å². The SMILES string of the molecule is CCOc1ccc(NC(=S)N(CCCN2CCOCC2)Cc2cc3cc4c(cc3[nH]c2=O)OCO4)cc1. The van der Waals surface area contributed by atoms with E-state index in [2.05, 4.69) is 20.1 Å². The average Bonchev–Trinajstić information content (AvgIpc) is 3.36. The largest absolute Gasteiger partial charge is 0.494 e. The molecule has 10 heteroatoms. The van der Waals surface area contributed by atoms with E-state index in [1.54, 1.807) is 6.07 Å². The summed E-state index contributed by atoms with van der Waals surface area (Å²) in [5.74, 6) is 2.13. The number of pyridine rings is 1. The Hall–Kier alpha value is -3.34. The lowest BCUT2D eigenvalue weighted by atomic mass is 10.1. The molecule has 196 valence electrons. The number of aromatic amines is 1. The predicted octanol–water partition coefficient (Wildman–Crippen LogP) is 3.58. The molecule has 0 spiro atoms. The first kappa shape index (κ1) is 25.3. The van der Waals surface area contributed by atoms with Gasteiger partial charge in [-0.25, -0.2) is 0 Å². The summed E-state index contributed by atoms with van der Waals surface area (Å²) in [6.45, 7) is 8.21. The summed E-state index contributed by atoms with van der Waals surface area (Å²) >= 11 is 5.82. The average molecular weight is 525 g/mol. The number of hydrogen-bond donors (Lipinski definition) is 2. The van der Waals surface area contributed by atoms with Gasteiger partial charge in [0, 0.05) is 48.9 Å². The van der Waals surface area contributed by atoms with E-state index in [0.717, 1.165) is 56.1 Å². The van der Waals surface area contributed by atoms with Gasteiger partial charge in [0.1, 0.15) is 5.75 Å². The van der Waals surface area contributed by atoms with Gasteiger partial charge in [-0.1, -0.05) is 0 Å². The van der Waals surface area contributed by atoms with Crippen molar-refractivity contribution in [3.8, 4) is 17.2 Å². The number of rotatable bonds is 9. The second-order valence-corrected chi connectivity index (χ2v) is 9.42. The number of hydrogen-bond acceptors (Lipinski definition) is 7. The van der Waals surface area contributed by atoms with Gasteiger partial charge in [-0.05, 0) is 62.0 Å². The van der Waals surface area contributed by atoms with Gasteiger partial charge < -0.3 is 34.1 Å². The van der Waals surface area contributed by atoms with Crippen molar-refractivity contribution >= 4 is 33.9 Å². The Morgan fingerprint density at radius 3 is 2.65 bits per heavy atom. The van der Waals surface area contributed by atoms with Crippen LogP contribution in [0.25, 0.3) is 10.9 Å². The van der Waals surface area contributed by atoms with E-state index in [-0.39, 0.29) is 12.4 Å². The fourth-order valence-corrected chi connectivity index (χ4v) is 4.80. The quantitative estimate of drug-likeness (QED) is 0.408. The van der Waals surface area contributed by atoms with Crippen LogP contribution in [0, 0.1) is 0 Å². The molecule has 1 aromatic heterocycles. The maximum Gasteiger partial charge on any atom is 0.253 e. The van der Waals surface area contributed by atoms with Crippen LogP contribution in [-0.2, 0) is 11.3 Å². The van der Waals surface area contributed by atoms with Gasteiger partial charge in [0.05, 0.1) is 31.9 Å². The molecule has 1 saturated heterocycles. The molecule has 2 aromatic carbocycles. The Morgan fingerprint density at radius 1 is 1.14 bits per heavy atom. The van der Waals surface area contributed by atoms with Crippen LogP contribution in [0.4, 0.5) is 5.69 Å². The smallest absolute Gasteiger partial charge is 0.253 e. The fourth-order valence-electron chi connectivity index (χ4n) is 4.53. The molecule has 2 aliphatic heterocycles. The molecule has 3 heterocycles. The van der Waals surface area contributed by atoms with Crippen molar-refractivity contribution in [3.05, 3.63) is 58.4 Å². The molecular weight excluding hydrogens is 492 g/mol. The van der Waals surface area contributed by atoms with E-state index in [0.29, 0.717) is 47.4 Å². The third-order valence-electron chi connectivity index (χ3n) is 6.49. The highest BCUT2D eigenvalue weighted by atomic mass is 32.1. The molecule has 37 heavy (non-hydrogen) atoms. The van der Waals surface area contributed by atoms with Crippen LogP contribution in [0.2, 0.25) is 0 Å². The van der Waals surface area contributed by atoms with Crippen LogP contribution in [0.5, 0.6) is 17.2 Å². The van der Waals surface area contributed by atoms with E-state index >= 15 is 0 Å². The van der Waals surface area contributed by atoms with Crippen LogP contribution < -0.4 is 25.1 Å². The highest BCUT2D eigenvalue weighted by Crippen LogP contribution is 2.35. The third kappa shape index (κ3) is 6.33. The van der Waals surface area contributed by atoms with Gasteiger partial charge >= 0.3 is 0 Å². The highest BCUT2D eigenvalue weighted by Gasteiger charge is 2.18. The third-order valence-corrected chi connectivity index (χ3v) is 6.85. The highest BCUT2D eigenvalue weighted by molar-refractivity contribution is 7.80. The van der Waals surface area contributed by atoms with E-state index < -0.39 is 0 Å². The van der Waals surface area contributed by atoms with Crippen molar-refractivity contribution in [3.63, 3.8) is 0 Å². The minimum atomic E-state index is -0.145. The van der Waals surface area contributed by atoms with Crippen molar-refractivity contribution in [1.82, 2.24) is 14.8 Å². The lowest BCUT2D eigenvalue weighted by molar-refractivity contribution is 0.0367. The van der Waals surface area contributed by atoms with Gasteiger partial charge in [0.25, 0.3) is 5.56 Å². The molecule has 2 N–H and O–H groups in total. The Kier molecular flexibility index (Phi) is 8.08. The first-order valence-electron chi connectivity index (χ1n) is 12.6. The molecule has 0 amide bonds. The number of nitrogens with one attached hydrogen (secondary N) is 2. The molecule has 2 aliphatic rings. The van der Waals surface area contributed by atoms with Crippen molar-refractivity contribution < 1.29 is 18.9 Å². The summed E-state index contributed by atoms with van der Waals surface area (Å²) in [4.78, 5) is 20.5. The van der Waals surface area contributed by atoms with Crippen LogP contribution in [0.1, 0.15) is 18.9 Å². The predicted molar refractivity (Wildman–Crippen MR) is 147 cm³/mol. The van der Waals surface area contributed by atoms with E-state index in [4.69, 9.17) is 31.2 Å². The summed E-state index contributed by atoms with van der Waals surface area (Å²) in [6, 6.07) is 13.3. The number of thiocarbonyl (C=S) groups is 1. The van der Waals surface area contributed by atoms with E-state index in [1.165, 1.54) is 0 Å². The number of anilines is 1. The normalized spacial score (nSPS) is 15.1. The first-order valence-corrected chi connectivity index (χ1v) is 13.0. The van der Waals surface area contributed by atoms with Crippen molar-refractivity contribution in [2.24, 2.45) is 0 Å². The standard InChI is InChI=1S/C27H32N4O5S/c1-2-34-22-6-4-21(5-7-22)28-27(37)31(9-3-8-30-10-12-33-13-11-30)17-20-14-19-15-24-25(36-18-35-24)16-23(19)29-26(20)32/h4-7,14-16H,2-3,8-13,17-18H2,1H3,(H,28,37)(H,29,32). The molecular formula is C27H32N4O5S. The topological polar surface area (TPSA) is 88.3 Å². The Labute approximate surface area is 221 Å².